The van der Waals surface area contributed by atoms with Gasteiger partial charge in [-0.15, -0.1) is 11.3 Å². The number of rotatable bonds is 5. The van der Waals surface area contributed by atoms with E-state index < -0.39 is 0 Å². The minimum absolute atomic E-state index is 0.663. The number of aromatic nitrogens is 1. The minimum atomic E-state index is 0.663. The second-order valence-corrected chi connectivity index (χ2v) is 7.99. The quantitative estimate of drug-likeness (QED) is 0.573. The molecule has 2 aromatic heterocycles. The van der Waals surface area contributed by atoms with Gasteiger partial charge in [0.1, 0.15) is 0 Å². The van der Waals surface area contributed by atoms with Crippen LogP contribution in [0.15, 0.2) is 50.8 Å². The molecule has 0 aliphatic carbocycles. The minimum Gasteiger partial charge on any atom is -0.439 e. The van der Waals surface area contributed by atoms with Crippen LogP contribution < -0.4 is 0 Å². The highest BCUT2D eigenvalue weighted by Crippen LogP contribution is 2.25. The normalized spacial score (nSPS) is 11.3. The van der Waals surface area contributed by atoms with Gasteiger partial charge in [0.05, 0.1) is 16.5 Å². The van der Waals surface area contributed by atoms with Crippen LogP contribution in [0.2, 0.25) is 5.02 Å². The van der Waals surface area contributed by atoms with Crippen molar-refractivity contribution in [3.8, 4) is 11.3 Å². The molecule has 3 aromatic rings. The number of hydrogen-bond donors (Lipinski definition) is 0. The van der Waals surface area contributed by atoms with E-state index in [0.717, 1.165) is 21.7 Å². The van der Waals surface area contributed by atoms with Crippen molar-refractivity contribution >= 4 is 38.9 Å². The molecular weight excluding hydrogens is 384 g/mol. The van der Waals surface area contributed by atoms with E-state index in [4.69, 9.17) is 16.0 Å². The number of oxazole rings is 1. The summed E-state index contributed by atoms with van der Waals surface area (Å²) in [5.74, 6) is 1.44. The number of nitrogens with zero attached hydrogens (tertiary/aromatic N) is 2. The third-order valence-electron chi connectivity index (χ3n) is 3.12. The maximum atomic E-state index is 6.01. The number of hydrogen-bond acceptors (Lipinski definition) is 4. The molecule has 0 saturated heterocycles. The molecule has 2 heterocycles. The van der Waals surface area contributed by atoms with Gasteiger partial charge in [-0.2, -0.15) is 0 Å². The van der Waals surface area contributed by atoms with E-state index in [1.54, 1.807) is 17.5 Å². The summed E-state index contributed by atoms with van der Waals surface area (Å²) in [5, 5.41) is 0.691. The van der Waals surface area contributed by atoms with Crippen LogP contribution in [0.4, 0.5) is 0 Å². The fourth-order valence-corrected chi connectivity index (χ4v) is 3.90. The summed E-state index contributed by atoms with van der Waals surface area (Å²) in [4.78, 5) is 7.83. The molecule has 0 N–H and O–H groups in total. The molecule has 0 fully saturated rings. The summed E-state index contributed by atoms with van der Waals surface area (Å²) in [6.45, 7) is 1.53. The molecule has 0 saturated carbocycles. The largest absolute Gasteiger partial charge is 0.439 e. The van der Waals surface area contributed by atoms with E-state index in [9.17, 15) is 0 Å². The van der Waals surface area contributed by atoms with Gasteiger partial charge in [-0.25, -0.2) is 4.98 Å². The van der Waals surface area contributed by atoms with Gasteiger partial charge in [-0.05, 0) is 47.2 Å². The SMILES string of the molecule is CN(Cc1ncc(-c2cccc(Cl)c2)o1)Cc1ccc(Br)s1. The fraction of sp³-hybridized carbons (Fsp3) is 0.188. The third-order valence-corrected chi connectivity index (χ3v) is 4.97. The molecule has 0 unspecified atom stereocenters. The predicted octanol–water partition coefficient (Wildman–Crippen LogP) is 5.45. The van der Waals surface area contributed by atoms with Gasteiger partial charge in [-0.1, -0.05) is 23.7 Å². The van der Waals surface area contributed by atoms with Crippen molar-refractivity contribution in [2.45, 2.75) is 13.1 Å². The lowest BCUT2D eigenvalue weighted by Gasteiger charge is -2.12. The van der Waals surface area contributed by atoms with Gasteiger partial charge in [0.2, 0.25) is 5.89 Å². The lowest BCUT2D eigenvalue weighted by molar-refractivity contribution is 0.285. The van der Waals surface area contributed by atoms with Crippen molar-refractivity contribution < 1.29 is 4.42 Å². The Kier molecular flexibility index (Phi) is 4.98. The smallest absolute Gasteiger partial charge is 0.209 e. The fourth-order valence-electron chi connectivity index (χ4n) is 2.15. The van der Waals surface area contributed by atoms with Crippen molar-refractivity contribution in [2.75, 3.05) is 7.05 Å². The first-order chi connectivity index (χ1) is 10.6. The van der Waals surface area contributed by atoms with Crippen molar-refractivity contribution in [3.63, 3.8) is 0 Å². The zero-order chi connectivity index (χ0) is 15.5. The van der Waals surface area contributed by atoms with Gasteiger partial charge in [0.15, 0.2) is 5.76 Å². The molecule has 0 amide bonds. The molecule has 0 spiro atoms. The lowest BCUT2D eigenvalue weighted by atomic mass is 10.2. The summed E-state index contributed by atoms with van der Waals surface area (Å²) in [5.41, 5.74) is 0.941. The summed E-state index contributed by atoms with van der Waals surface area (Å²) >= 11 is 11.2. The third kappa shape index (κ3) is 3.98. The van der Waals surface area contributed by atoms with Gasteiger partial charge in [0, 0.05) is 22.0 Å². The molecule has 0 aliphatic heterocycles. The van der Waals surface area contributed by atoms with Crippen molar-refractivity contribution in [2.24, 2.45) is 0 Å². The van der Waals surface area contributed by atoms with Gasteiger partial charge in [-0.3, -0.25) is 4.90 Å². The van der Waals surface area contributed by atoms with Crippen LogP contribution in [0.5, 0.6) is 0 Å². The first-order valence-electron chi connectivity index (χ1n) is 6.73. The predicted molar refractivity (Wildman–Crippen MR) is 94.1 cm³/mol. The van der Waals surface area contributed by atoms with Crippen LogP contribution in [0.1, 0.15) is 10.8 Å². The second-order valence-electron chi connectivity index (χ2n) is 5.01. The maximum absolute atomic E-state index is 6.01. The molecule has 1 aromatic carbocycles. The molecule has 0 atom stereocenters. The second kappa shape index (κ2) is 6.96. The topological polar surface area (TPSA) is 29.3 Å². The van der Waals surface area contributed by atoms with Crippen LogP contribution in [-0.4, -0.2) is 16.9 Å². The average molecular weight is 398 g/mol. The van der Waals surface area contributed by atoms with Crippen molar-refractivity contribution in [1.29, 1.82) is 0 Å². The molecule has 0 bridgehead atoms. The van der Waals surface area contributed by atoms with Crippen molar-refractivity contribution in [3.05, 3.63) is 62.2 Å². The Morgan fingerprint density at radius 2 is 2.14 bits per heavy atom. The van der Waals surface area contributed by atoms with Crippen LogP contribution >= 0.6 is 38.9 Å². The summed E-state index contributed by atoms with van der Waals surface area (Å²) < 4.78 is 6.97. The Morgan fingerprint density at radius 3 is 2.86 bits per heavy atom. The highest BCUT2D eigenvalue weighted by Gasteiger charge is 2.10. The van der Waals surface area contributed by atoms with Crippen molar-refractivity contribution in [1.82, 2.24) is 9.88 Å². The van der Waals surface area contributed by atoms with E-state index in [-0.39, 0.29) is 0 Å². The van der Waals surface area contributed by atoms with Crippen LogP contribution in [0.3, 0.4) is 0 Å². The summed E-state index contributed by atoms with van der Waals surface area (Å²) in [7, 11) is 2.05. The number of benzene rings is 1. The Hall–Kier alpha value is -1.14. The van der Waals surface area contributed by atoms with E-state index in [0.29, 0.717) is 17.5 Å². The average Bonchev–Trinajstić information content (AvgIpc) is 3.08. The molecule has 3 rings (SSSR count). The highest BCUT2D eigenvalue weighted by atomic mass is 79.9. The monoisotopic (exact) mass is 396 g/mol. The van der Waals surface area contributed by atoms with E-state index in [1.807, 2.05) is 24.3 Å². The standard InChI is InChI=1S/C16H14BrClN2OS/c1-20(9-13-5-6-15(17)22-13)10-16-19-8-14(21-16)11-3-2-4-12(18)7-11/h2-8H,9-10H2,1H3. The molecule has 22 heavy (non-hydrogen) atoms. The molecule has 3 nitrogen and oxygen atoms in total. The van der Waals surface area contributed by atoms with Gasteiger partial charge in [0.25, 0.3) is 0 Å². The van der Waals surface area contributed by atoms with E-state index >= 15 is 0 Å². The Labute approximate surface area is 146 Å². The van der Waals surface area contributed by atoms with E-state index in [2.05, 4.69) is 45.0 Å². The first kappa shape index (κ1) is 15.7. The Bertz CT molecular complexity index is 771. The van der Waals surface area contributed by atoms with Gasteiger partial charge < -0.3 is 4.42 Å². The summed E-state index contributed by atoms with van der Waals surface area (Å²) in [6, 6.07) is 11.8. The molecule has 0 radical (unpaired) electrons. The van der Waals surface area contributed by atoms with E-state index in [1.165, 1.54) is 4.88 Å². The Balaban J connectivity index is 1.66. The molecule has 6 heteroatoms. The lowest BCUT2D eigenvalue weighted by Crippen LogP contribution is -2.16. The molecule has 0 aliphatic rings. The first-order valence-corrected chi connectivity index (χ1v) is 8.72. The van der Waals surface area contributed by atoms with Crippen LogP contribution in [0, 0.1) is 0 Å². The maximum Gasteiger partial charge on any atom is 0.209 e. The number of halogens is 2. The van der Waals surface area contributed by atoms with Gasteiger partial charge >= 0.3 is 0 Å². The highest BCUT2D eigenvalue weighted by molar-refractivity contribution is 9.11. The molecule has 114 valence electrons. The van der Waals surface area contributed by atoms with Crippen LogP contribution in [-0.2, 0) is 13.1 Å². The molecular formula is C16H14BrClN2OS. The number of thiophene rings is 1. The van der Waals surface area contributed by atoms with Crippen LogP contribution in [0.25, 0.3) is 11.3 Å². The summed E-state index contributed by atoms with van der Waals surface area (Å²) in [6.07, 6.45) is 1.75. The Morgan fingerprint density at radius 1 is 1.27 bits per heavy atom. The zero-order valence-corrected chi connectivity index (χ0v) is 15.1. The zero-order valence-electron chi connectivity index (χ0n) is 11.9.